The lowest BCUT2D eigenvalue weighted by Crippen LogP contribution is -2.67. The molecule has 0 bridgehead atoms. The number of esters is 5. The Balaban J connectivity index is 1.86. The summed E-state index contributed by atoms with van der Waals surface area (Å²) in [4.78, 5) is 77.1. The molecule has 2 heterocycles. The maximum absolute atomic E-state index is 13.6. The summed E-state index contributed by atoms with van der Waals surface area (Å²) in [5, 5.41) is 0. The van der Waals surface area contributed by atoms with Crippen LogP contribution in [-0.2, 0) is 66.5 Å². The Labute approximate surface area is 322 Å². The molecule has 0 spiro atoms. The normalized spacial score (nSPS) is 27.0. The van der Waals surface area contributed by atoms with Crippen molar-refractivity contribution in [3.8, 4) is 0 Å². The van der Waals surface area contributed by atoms with Crippen LogP contribution in [0.3, 0.4) is 0 Å². The van der Waals surface area contributed by atoms with Crippen LogP contribution in [-0.4, -0.2) is 117 Å². The minimum absolute atomic E-state index is 0.0920. The first-order valence-corrected chi connectivity index (χ1v) is 17.5. The van der Waals surface area contributed by atoms with E-state index in [1.165, 1.54) is 36.4 Å². The largest absolute Gasteiger partial charge is 0.509 e. The van der Waals surface area contributed by atoms with Crippen LogP contribution in [0.2, 0.25) is 0 Å². The second-order valence-electron chi connectivity index (χ2n) is 12.3. The number of hydrogen-bond donors (Lipinski definition) is 0. The maximum atomic E-state index is 13.6. The predicted octanol–water partition coefficient (Wildman–Crippen LogP) is 3.63. The molecule has 2 fully saturated rings. The van der Waals surface area contributed by atoms with Gasteiger partial charge in [-0.1, -0.05) is 55.1 Å². The van der Waals surface area contributed by atoms with Crippen LogP contribution >= 0.6 is 0 Å². The third kappa shape index (κ3) is 11.9. The van der Waals surface area contributed by atoms with Crippen molar-refractivity contribution in [3.63, 3.8) is 0 Å². The quantitative estimate of drug-likeness (QED) is 0.135. The first kappa shape index (κ1) is 43.1. The van der Waals surface area contributed by atoms with E-state index < -0.39 is 104 Å². The molecule has 56 heavy (non-hydrogen) atoms. The second-order valence-corrected chi connectivity index (χ2v) is 12.3. The van der Waals surface area contributed by atoms with E-state index in [9.17, 15) is 28.8 Å². The lowest BCUT2D eigenvalue weighted by molar-refractivity contribution is -0.356. The van der Waals surface area contributed by atoms with Crippen LogP contribution in [0.25, 0.3) is 0 Å². The highest BCUT2D eigenvalue weighted by Crippen LogP contribution is 2.36. The van der Waals surface area contributed by atoms with Gasteiger partial charge in [0.15, 0.2) is 43.1 Å². The Morgan fingerprint density at radius 2 is 1.12 bits per heavy atom. The molecule has 2 aromatic rings. The van der Waals surface area contributed by atoms with E-state index in [0.29, 0.717) is 0 Å². The van der Waals surface area contributed by atoms with Crippen molar-refractivity contribution in [2.45, 2.75) is 89.1 Å². The summed E-state index contributed by atoms with van der Waals surface area (Å²) in [6, 6.07) is 15.9. The van der Waals surface area contributed by atoms with Crippen LogP contribution in [0.1, 0.15) is 48.4 Å². The van der Waals surface area contributed by atoms with Crippen molar-refractivity contribution >= 4 is 36.0 Å². The molecule has 0 saturated carbocycles. The Morgan fingerprint density at radius 3 is 1.66 bits per heavy atom. The molecular formula is C39H44O17. The predicted molar refractivity (Wildman–Crippen MR) is 189 cm³/mol. The molecule has 0 aliphatic carbocycles. The van der Waals surface area contributed by atoms with Gasteiger partial charge in [0.25, 0.3) is 0 Å². The summed E-state index contributed by atoms with van der Waals surface area (Å²) < 4.78 is 63.6. The molecule has 0 N–H and O–H groups in total. The molecule has 0 unspecified atom stereocenters. The van der Waals surface area contributed by atoms with Gasteiger partial charge in [-0.15, -0.1) is 6.58 Å². The van der Waals surface area contributed by atoms with Crippen LogP contribution in [0.15, 0.2) is 86.0 Å². The zero-order valence-corrected chi connectivity index (χ0v) is 31.2. The molecule has 17 nitrogen and oxygen atoms in total. The van der Waals surface area contributed by atoms with E-state index in [1.54, 1.807) is 43.3 Å². The van der Waals surface area contributed by atoms with Gasteiger partial charge in [0, 0.05) is 20.8 Å². The van der Waals surface area contributed by atoms with Gasteiger partial charge < -0.3 is 52.1 Å². The van der Waals surface area contributed by atoms with Crippen LogP contribution in [0.4, 0.5) is 4.79 Å². The van der Waals surface area contributed by atoms with Gasteiger partial charge in [0.1, 0.15) is 25.4 Å². The molecule has 0 amide bonds. The monoisotopic (exact) mass is 784 g/mol. The van der Waals surface area contributed by atoms with Crippen LogP contribution < -0.4 is 0 Å². The van der Waals surface area contributed by atoms with E-state index in [-0.39, 0.29) is 24.3 Å². The average Bonchev–Trinajstić information content (AvgIpc) is 3.17. The lowest BCUT2D eigenvalue weighted by atomic mass is 9.96. The van der Waals surface area contributed by atoms with Crippen molar-refractivity contribution in [1.82, 2.24) is 0 Å². The SMILES string of the molecule is C=CCOC(=O)O[C@@H]1[C@@H](OC(C)=O)[C@H](O[C@H]2[C@H](OC(=O)c3ccccc3)[C@H](OCC=C)O[C@@H](C)[C@H]2OC(=O)c2ccccc2)O[C@H](COC(C)=O)[C@H]1OC(C)=O. The number of hydrogen-bond acceptors (Lipinski definition) is 17. The van der Waals surface area contributed by atoms with Gasteiger partial charge in [-0.2, -0.15) is 0 Å². The fourth-order valence-electron chi connectivity index (χ4n) is 5.78. The third-order valence-electron chi connectivity index (χ3n) is 8.10. The van der Waals surface area contributed by atoms with Gasteiger partial charge in [0.05, 0.1) is 23.8 Å². The van der Waals surface area contributed by atoms with Gasteiger partial charge >= 0.3 is 36.0 Å². The highest BCUT2D eigenvalue weighted by atomic mass is 16.8. The van der Waals surface area contributed by atoms with Gasteiger partial charge in [-0.05, 0) is 31.2 Å². The third-order valence-corrected chi connectivity index (χ3v) is 8.10. The van der Waals surface area contributed by atoms with E-state index in [1.807, 2.05) is 0 Å². The smallest absolute Gasteiger partial charge is 0.463 e. The van der Waals surface area contributed by atoms with Crippen molar-refractivity contribution in [2.75, 3.05) is 19.8 Å². The summed E-state index contributed by atoms with van der Waals surface area (Å²) in [6.07, 6.45) is -13.9. The van der Waals surface area contributed by atoms with Gasteiger partial charge in [-0.25, -0.2) is 14.4 Å². The number of benzene rings is 2. The van der Waals surface area contributed by atoms with E-state index in [4.69, 9.17) is 52.1 Å². The minimum atomic E-state index is -1.82. The Bertz CT molecular complexity index is 1680. The minimum Gasteiger partial charge on any atom is -0.463 e. The van der Waals surface area contributed by atoms with Crippen LogP contribution in [0.5, 0.6) is 0 Å². The fraction of sp³-hybridized carbons (Fsp3) is 0.436. The first-order chi connectivity index (χ1) is 26.8. The van der Waals surface area contributed by atoms with Gasteiger partial charge in [-0.3, -0.25) is 14.4 Å². The summed E-state index contributed by atoms with van der Waals surface area (Å²) in [7, 11) is 0. The van der Waals surface area contributed by atoms with E-state index in [0.717, 1.165) is 20.8 Å². The Morgan fingerprint density at radius 1 is 0.589 bits per heavy atom. The molecule has 10 atom stereocenters. The number of carbonyl (C=O) groups is 6. The van der Waals surface area contributed by atoms with E-state index in [2.05, 4.69) is 13.2 Å². The first-order valence-electron chi connectivity index (χ1n) is 17.5. The van der Waals surface area contributed by atoms with Crippen molar-refractivity contribution < 1.29 is 80.9 Å². The number of rotatable bonds is 16. The fourth-order valence-corrected chi connectivity index (χ4v) is 5.78. The molecule has 17 heteroatoms. The summed E-state index contributed by atoms with van der Waals surface area (Å²) in [5.41, 5.74) is 0.291. The molecule has 302 valence electrons. The standard InChI is InChI=1S/C39H44O17/c1-7-19-46-37-33(54-36(44)27-17-13-10-14-18-27)31(29(22(3)49-37)53-35(43)26-15-11-9-12-16-26)55-38-34(51-25(6)42)32(56-39(45)47-20-8-2)30(50-24(5)41)28(52-38)21-48-23(4)40/h7-18,22,28-34,37-38H,1-2,19-21H2,3-6H3/t22-,28+,29+,30+,31+,32-,33-,34+,37+,38-/m0/s1. The van der Waals surface area contributed by atoms with Crippen molar-refractivity contribution in [3.05, 3.63) is 97.1 Å². The van der Waals surface area contributed by atoms with Crippen molar-refractivity contribution in [1.29, 1.82) is 0 Å². The summed E-state index contributed by atoms with van der Waals surface area (Å²) in [6.45, 7) is 10.9. The summed E-state index contributed by atoms with van der Waals surface area (Å²) in [5.74, 6) is -4.21. The van der Waals surface area contributed by atoms with Crippen molar-refractivity contribution in [2.24, 2.45) is 0 Å². The molecule has 0 aromatic heterocycles. The molecular weight excluding hydrogens is 740 g/mol. The molecule has 2 aliphatic rings. The average molecular weight is 785 g/mol. The molecule has 2 saturated heterocycles. The van der Waals surface area contributed by atoms with Crippen LogP contribution in [0, 0.1) is 0 Å². The van der Waals surface area contributed by atoms with E-state index >= 15 is 0 Å². The highest BCUT2D eigenvalue weighted by Gasteiger charge is 2.57. The molecule has 0 radical (unpaired) electrons. The second kappa shape index (κ2) is 20.9. The highest BCUT2D eigenvalue weighted by molar-refractivity contribution is 5.90. The number of carbonyl (C=O) groups excluding carboxylic acids is 6. The maximum Gasteiger partial charge on any atom is 0.509 e. The molecule has 4 rings (SSSR count). The Hall–Kier alpha value is -5.62. The van der Waals surface area contributed by atoms with Gasteiger partial charge in [0.2, 0.25) is 0 Å². The topological polar surface area (TPSA) is 204 Å². The lowest BCUT2D eigenvalue weighted by Gasteiger charge is -2.48. The zero-order valence-electron chi connectivity index (χ0n) is 31.2. The Kier molecular flexibility index (Phi) is 16.1. The molecule has 2 aromatic carbocycles. The summed E-state index contributed by atoms with van der Waals surface area (Å²) >= 11 is 0. The molecule has 2 aliphatic heterocycles. The zero-order chi connectivity index (χ0) is 40.8. The number of ether oxygens (including phenoxy) is 11.